The van der Waals surface area contributed by atoms with Gasteiger partial charge in [-0.05, 0) is 24.3 Å². The minimum atomic E-state index is 0.0869. The standard InChI is InChI=1S/C15H16N6O2S/c1-10-16-14(18-23-10)12-9-21(19-17-12)11-4-2-6-20(8-11)15(22)13-5-3-7-24-13/h3,5,7,9,11H,2,4,6,8H2,1H3. The minimum absolute atomic E-state index is 0.0869. The molecule has 0 bridgehead atoms. The molecule has 1 saturated heterocycles. The largest absolute Gasteiger partial charge is 0.339 e. The second-order valence-corrected chi connectivity index (χ2v) is 6.69. The Morgan fingerprint density at radius 3 is 3.12 bits per heavy atom. The van der Waals surface area contributed by atoms with Crippen molar-refractivity contribution in [2.24, 2.45) is 0 Å². The number of amides is 1. The van der Waals surface area contributed by atoms with Crippen LogP contribution in [0.1, 0.15) is 34.4 Å². The van der Waals surface area contributed by atoms with Crippen molar-refractivity contribution in [2.45, 2.75) is 25.8 Å². The van der Waals surface area contributed by atoms with Crippen LogP contribution in [0.5, 0.6) is 0 Å². The van der Waals surface area contributed by atoms with Crippen molar-refractivity contribution < 1.29 is 9.32 Å². The number of thiophene rings is 1. The SMILES string of the molecule is Cc1nc(-c2cn(C3CCCN(C(=O)c4cccs4)C3)nn2)no1. The molecule has 1 unspecified atom stereocenters. The third kappa shape index (κ3) is 2.82. The van der Waals surface area contributed by atoms with Gasteiger partial charge in [-0.15, -0.1) is 16.4 Å². The first kappa shape index (κ1) is 15.0. The Kier molecular flexibility index (Phi) is 3.85. The van der Waals surface area contributed by atoms with Crippen LogP contribution in [0.3, 0.4) is 0 Å². The predicted octanol–water partition coefficient (Wildman–Crippen LogP) is 2.18. The molecule has 24 heavy (non-hydrogen) atoms. The first-order valence-corrected chi connectivity index (χ1v) is 8.64. The lowest BCUT2D eigenvalue weighted by atomic mass is 10.1. The highest BCUT2D eigenvalue weighted by Gasteiger charge is 2.27. The number of carbonyl (C=O) groups is 1. The van der Waals surface area contributed by atoms with E-state index < -0.39 is 0 Å². The summed E-state index contributed by atoms with van der Waals surface area (Å²) >= 11 is 1.47. The number of likely N-dealkylation sites (tertiary alicyclic amines) is 1. The van der Waals surface area contributed by atoms with E-state index in [1.54, 1.807) is 11.6 Å². The van der Waals surface area contributed by atoms with Crippen molar-refractivity contribution in [3.05, 3.63) is 34.5 Å². The van der Waals surface area contributed by atoms with Crippen LogP contribution < -0.4 is 0 Å². The van der Waals surface area contributed by atoms with E-state index in [2.05, 4.69) is 20.5 Å². The van der Waals surface area contributed by atoms with Gasteiger partial charge in [0.1, 0.15) is 0 Å². The molecule has 4 heterocycles. The average molecular weight is 344 g/mol. The van der Waals surface area contributed by atoms with E-state index in [4.69, 9.17) is 4.52 Å². The van der Waals surface area contributed by atoms with Crippen molar-refractivity contribution in [3.8, 4) is 11.5 Å². The van der Waals surface area contributed by atoms with E-state index in [0.29, 0.717) is 24.0 Å². The van der Waals surface area contributed by atoms with Crippen LogP contribution in [-0.2, 0) is 0 Å². The molecular formula is C15H16N6O2S. The van der Waals surface area contributed by atoms with Crippen LogP contribution >= 0.6 is 11.3 Å². The van der Waals surface area contributed by atoms with Gasteiger partial charge in [0.05, 0.1) is 17.1 Å². The summed E-state index contributed by atoms with van der Waals surface area (Å²) < 4.78 is 6.77. The van der Waals surface area contributed by atoms with Gasteiger partial charge in [0.15, 0.2) is 5.69 Å². The Balaban J connectivity index is 1.50. The monoisotopic (exact) mass is 344 g/mol. The molecule has 3 aromatic heterocycles. The number of aromatic nitrogens is 5. The summed E-state index contributed by atoms with van der Waals surface area (Å²) in [4.78, 5) is 19.3. The van der Waals surface area contributed by atoms with Crippen molar-refractivity contribution in [1.82, 2.24) is 30.0 Å². The molecule has 0 spiro atoms. The number of hydrogen-bond donors (Lipinski definition) is 0. The molecule has 1 fully saturated rings. The number of carbonyl (C=O) groups excluding carboxylic acids is 1. The fourth-order valence-corrected chi connectivity index (χ4v) is 3.56. The smallest absolute Gasteiger partial charge is 0.263 e. The van der Waals surface area contributed by atoms with Crippen LogP contribution in [-0.4, -0.2) is 49.0 Å². The number of hydrogen-bond acceptors (Lipinski definition) is 7. The van der Waals surface area contributed by atoms with Crippen LogP contribution in [0.2, 0.25) is 0 Å². The highest BCUT2D eigenvalue weighted by molar-refractivity contribution is 7.12. The van der Waals surface area contributed by atoms with E-state index in [-0.39, 0.29) is 11.9 Å². The molecule has 0 N–H and O–H groups in total. The molecule has 4 rings (SSSR count). The van der Waals surface area contributed by atoms with Gasteiger partial charge in [-0.2, -0.15) is 4.98 Å². The lowest BCUT2D eigenvalue weighted by molar-refractivity contribution is 0.0677. The zero-order chi connectivity index (χ0) is 16.5. The quantitative estimate of drug-likeness (QED) is 0.723. The molecule has 9 heteroatoms. The zero-order valence-corrected chi connectivity index (χ0v) is 13.9. The average Bonchev–Trinajstić information content (AvgIpc) is 3.35. The summed E-state index contributed by atoms with van der Waals surface area (Å²) in [5, 5.41) is 14.1. The van der Waals surface area contributed by atoms with Gasteiger partial charge in [0.2, 0.25) is 11.7 Å². The Morgan fingerprint density at radius 1 is 1.46 bits per heavy atom. The van der Waals surface area contributed by atoms with Crippen molar-refractivity contribution in [2.75, 3.05) is 13.1 Å². The predicted molar refractivity (Wildman–Crippen MR) is 86.5 cm³/mol. The fraction of sp³-hybridized carbons (Fsp3) is 0.400. The number of nitrogens with zero attached hydrogens (tertiary/aromatic N) is 6. The van der Waals surface area contributed by atoms with Gasteiger partial charge < -0.3 is 9.42 Å². The number of piperidine rings is 1. The van der Waals surface area contributed by atoms with Crippen molar-refractivity contribution >= 4 is 17.2 Å². The Morgan fingerprint density at radius 2 is 2.38 bits per heavy atom. The normalized spacial score (nSPS) is 18.0. The third-order valence-electron chi connectivity index (χ3n) is 4.06. The maximum Gasteiger partial charge on any atom is 0.263 e. The second-order valence-electron chi connectivity index (χ2n) is 5.75. The fourth-order valence-electron chi connectivity index (χ4n) is 2.87. The second kappa shape index (κ2) is 6.16. The van der Waals surface area contributed by atoms with Gasteiger partial charge in [0, 0.05) is 20.0 Å². The molecule has 0 saturated carbocycles. The molecule has 0 aliphatic carbocycles. The molecule has 8 nitrogen and oxygen atoms in total. The van der Waals surface area contributed by atoms with Crippen LogP contribution in [0, 0.1) is 6.92 Å². The van der Waals surface area contributed by atoms with Crippen LogP contribution in [0.25, 0.3) is 11.5 Å². The van der Waals surface area contributed by atoms with E-state index in [1.807, 2.05) is 28.6 Å². The summed E-state index contributed by atoms with van der Waals surface area (Å²) in [7, 11) is 0. The van der Waals surface area contributed by atoms with E-state index >= 15 is 0 Å². The molecule has 3 aromatic rings. The van der Waals surface area contributed by atoms with E-state index in [9.17, 15) is 4.79 Å². The Bertz CT molecular complexity index is 840. The van der Waals surface area contributed by atoms with Crippen molar-refractivity contribution in [3.63, 3.8) is 0 Å². The minimum Gasteiger partial charge on any atom is -0.339 e. The molecule has 1 aliphatic heterocycles. The number of aryl methyl sites for hydroxylation is 1. The molecule has 0 radical (unpaired) electrons. The zero-order valence-electron chi connectivity index (χ0n) is 13.1. The molecular weight excluding hydrogens is 328 g/mol. The van der Waals surface area contributed by atoms with E-state index in [1.165, 1.54) is 11.3 Å². The molecule has 1 atom stereocenters. The highest BCUT2D eigenvalue weighted by atomic mass is 32.1. The first-order chi connectivity index (χ1) is 11.7. The topological polar surface area (TPSA) is 89.9 Å². The Hall–Kier alpha value is -2.55. The van der Waals surface area contributed by atoms with E-state index in [0.717, 1.165) is 24.3 Å². The summed E-state index contributed by atoms with van der Waals surface area (Å²) in [5.41, 5.74) is 0.577. The molecule has 1 amide bonds. The van der Waals surface area contributed by atoms with Crippen LogP contribution in [0.4, 0.5) is 0 Å². The highest BCUT2D eigenvalue weighted by Crippen LogP contribution is 2.24. The molecule has 0 aromatic carbocycles. The van der Waals surface area contributed by atoms with Crippen molar-refractivity contribution in [1.29, 1.82) is 0 Å². The van der Waals surface area contributed by atoms with Gasteiger partial charge in [-0.25, -0.2) is 4.68 Å². The maximum atomic E-state index is 12.5. The third-order valence-corrected chi connectivity index (χ3v) is 4.91. The lowest BCUT2D eigenvalue weighted by Crippen LogP contribution is -2.40. The van der Waals surface area contributed by atoms with Gasteiger partial charge >= 0.3 is 0 Å². The lowest BCUT2D eigenvalue weighted by Gasteiger charge is -2.32. The summed E-state index contributed by atoms with van der Waals surface area (Å²) in [6.07, 6.45) is 3.72. The summed E-state index contributed by atoms with van der Waals surface area (Å²) in [6.45, 7) is 3.14. The maximum absolute atomic E-state index is 12.5. The molecule has 124 valence electrons. The van der Waals surface area contributed by atoms with Gasteiger partial charge in [-0.3, -0.25) is 4.79 Å². The van der Waals surface area contributed by atoms with Gasteiger partial charge in [-0.1, -0.05) is 16.4 Å². The van der Waals surface area contributed by atoms with Crippen LogP contribution in [0.15, 0.2) is 28.2 Å². The Labute approximate surface area is 142 Å². The summed E-state index contributed by atoms with van der Waals surface area (Å²) in [5.74, 6) is 1.01. The number of rotatable bonds is 3. The first-order valence-electron chi connectivity index (χ1n) is 7.76. The van der Waals surface area contributed by atoms with Gasteiger partial charge in [0.25, 0.3) is 5.91 Å². The molecule has 1 aliphatic rings. The summed E-state index contributed by atoms with van der Waals surface area (Å²) in [6, 6.07) is 3.87.